The highest BCUT2D eigenvalue weighted by Crippen LogP contribution is 2.58. The molecule has 2 aliphatic rings. The number of halogens is 2. The monoisotopic (exact) mass is 233 g/mol. The predicted molar refractivity (Wildman–Crippen MR) is 54.5 cm³/mol. The highest BCUT2D eigenvalue weighted by Gasteiger charge is 2.64. The number of carboxylic acids is 1. The average molecular weight is 233 g/mol. The van der Waals surface area contributed by atoms with E-state index in [4.69, 9.17) is 0 Å². The lowest BCUT2D eigenvalue weighted by molar-refractivity contribution is -0.210. The number of piperidine rings is 1. The zero-order valence-electron chi connectivity index (χ0n) is 9.38. The molecule has 1 aliphatic heterocycles. The van der Waals surface area contributed by atoms with Gasteiger partial charge in [0.25, 0.3) is 0 Å². The molecule has 1 heterocycles. The molecule has 1 N–H and O–H groups in total. The lowest BCUT2D eigenvalue weighted by Crippen LogP contribution is -2.57. The molecule has 3 nitrogen and oxygen atoms in total. The molecule has 5 heteroatoms. The highest BCUT2D eigenvalue weighted by molar-refractivity contribution is 5.77. The molecule has 0 amide bonds. The smallest absolute Gasteiger partial charge is 0.310 e. The summed E-state index contributed by atoms with van der Waals surface area (Å²) < 4.78 is 25.9. The molecule has 1 aliphatic carbocycles. The van der Waals surface area contributed by atoms with Crippen molar-refractivity contribution in [1.29, 1.82) is 0 Å². The summed E-state index contributed by atoms with van der Waals surface area (Å²) in [4.78, 5) is 13.3. The third-order valence-corrected chi connectivity index (χ3v) is 4.07. The molecular weight excluding hydrogens is 216 g/mol. The van der Waals surface area contributed by atoms with Gasteiger partial charge < -0.3 is 10.0 Å². The van der Waals surface area contributed by atoms with Crippen molar-refractivity contribution < 1.29 is 18.7 Å². The van der Waals surface area contributed by atoms with Crippen LogP contribution in [-0.4, -0.2) is 42.0 Å². The fourth-order valence-electron chi connectivity index (χ4n) is 3.05. The molecule has 0 aromatic rings. The maximum absolute atomic E-state index is 13.0. The summed E-state index contributed by atoms with van der Waals surface area (Å²) in [6, 6.07) is 0. The van der Waals surface area contributed by atoms with E-state index >= 15 is 0 Å². The average Bonchev–Trinajstić information content (AvgIpc) is 2.14. The predicted octanol–water partition coefficient (Wildman–Crippen LogP) is 1.83. The van der Waals surface area contributed by atoms with E-state index in [2.05, 4.69) is 4.90 Å². The van der Waals surface area contributed by atoms with Crippen LogP contribution in [-0.2, 0) is 4.79 Å². The molecule has 0 spiro atoms. The summed E-state index contributed by atoms with van der Waals surface area (Å²) in [5, 5.41) is 9.19. The first-order valence-electron chi connectivity index (χ1n) is 5.65. The Balaban J connectivity index is 2.07. The number of alkyl halides is 2. The van der Waals surface area contributed by atoms with Crippen LogP contribution < -0.4 is 0 Å². The van der Waals surface area contributed by atoms with E-state index in [-0.39, 0.29) is 5.92 Å². The van der Waals surface area contributed by atoms with Crippen molar-refractivity contribution in [2.24, 2.45) is 11.3 Å². The van der Waals surface area contributed by atoms with E-state index < -0.39 is 30.1 Å². The van der Waals surface area contributed by atoms with Crippen molar-refractivity contribution in [3.63, 3.8) is 0 Å². The SMILES string of the molecule is CN1CCC(C2(C(=O)O)CC(F)(F)C2)CC1. The largest absolute Gasteiger partial charge is 0.481 e. The summed E-state index contributed by atoms with van der Waals surface area (Å²) in [5.74, 6) is -3.88. The minimum absolute atomic E-state index is 0.0826. The lowest BCUT2D eigenvalue weighted by atomic mass is 9.57. The quantitative estimate of drug-likeness (QED) is 0.791. The van der Waals surface area contributed by atoms with E-state index in [1.54, 1.807) is 0 Å². The number of hydrogen-bond acceptors (Lipinski definition) is 2. The molecule has 1 saturated carbocycles. The second kappa shape index (κ2) is 3.65. The lowest BCUT2D eigenvalue weighted by Gasteiger charge is -2.50. The Morgan fingerprint density at radius 1 is 1.31 bits per heavy atom. The van der Waals surface area contributed by atoms with Crippen LogP contribution in [0.25, 0.3) is 0 Å². The number of carbonyl (C=O) groups is 1. The Morgan fingerprint density at radius 2 is 1.81 bits per heavy atom. The molecule has 2 fully saturated rings. The molecule has 0 aromatic carbocycles. The fraction of sp³-hybridized carbons (Fsp3) is 0.909. The Morgan fingerprint density at radius 3 is 2.19 bits per heavy atom. The third kappa shape index (κ3) is 1.81. The van der Waals surface area contributed by atoms with E-state index in [0.29, 0.717) is 0 Å². The van der Waals surface area contributed by atoms with Crippen molar-refractivity contribution in [1.82, 2.24) is 4.90 Å². The van der Waals surface area contributed by atoms with Gasteiger partial charge in [-0.2, -0.15) is 0 Å². The Labute approximate surface area is 93.4 Å². The zero-order chi connectivity index (χ0) is 12.0. The van der Waals surface area contributed by atoms with Gasteiger partial charge in [0, 0.05) is 12.8 Å². The van der Waals surface area contributed by atoms with Gasteiger partial charge in [-0.3, -0.25) is 4.79 Å². The minimum atomic E-state index is -2.76. The van der Waals surface area contributed by atoms with Gasteiger partial charge in [-0.05, 0) is 38.9 Å². The van der Waals surface area contributed by atoms with E-state index in [1.807, 2.05) is 7.05 Å². The van der Waals surface area contributed by atoms with Gasteiger partial charge in [0.1, 0.15) is 0 Å². The number of rotatable bonds is 2. The first-order valence-corrected chi connectivity index (χ1v) is 5.65. The summed E-state index contributed by atoms with van der Waals surface area (Å²) in [7, 11) is 1.97. The normalized spacial score (nSPS) is 29.7. The van der Waals surface area contributed by atoms with Gasteiger partial charge in [0.15, 0.2) is 0 Å². The molecule has 16 heavy (non-hydrogen) atoms. The highest BCUT2D eigenvalue weighted by atomic mass is 19.3. The van der Waals surface area contributed by atoms with Crippen molar-refractivity contribution in [3.05, 3.63) is 0 Å². The summed E-state index contributed by atoms with van der Waals surface area (Å²) >= 11 is 0. The van der Waals surface area contributed by atoms with Crippen molar-refractivity contribution in [2.45, 2.75) is 31.6 Å². The van der Waals surface area contributed by atoms with Crippen LogP contribution in [0.15, 0.2) is 0 Å². The first kappa shape index (κ1) is 11.8. The molecule has 0 unspecified atom stereocenters. The van der Waals surface area contributed by atoms with E-state index in [9.17, 15) is 18.7 Å². The van der Waals surface area contributed by atoms with Gasteiger partial charge in [0.05, 0.1) is 5.41 Å². The standard InChI is InChI=1S/C11H17F2NO2/c1-14-4-2-8(3-5-14)10(9(15)16)6-11(12,13)7-10/h8H,2-7H2,1H3,(H,15,16). The van der Waals surface area contributed by atoms with Crippen LogP contribution >= 0.6 is 0 Å². The Bertz CT molecular complexity index is 290. The van der Waals surface area contributed by atoms with Gasteiger partial charge in [-0.1, -0.05) is 0 Å². The van der Waals surface area contributed by atoms with Crippen molar-refractivity contribution >= 4 is 5.97 Å². The Kier molecular flexibility index (Phi) is 2.69. The van der Waals surface area contributed by atoms with E-state index in [0.717, 1.165) is 25.9 Å². The van der Waals surface area contributed by atoms with Gasteiger partial charge in [-0.15, -0.1) is 0 Å². The van der Waals surface area contributed by atoms with Crippen LogP contribution in [0, 0.1) is 11.3 Å². The van der Waals surface area contributed by atoms with Crippen LogP contribution in [0.4, 0.5) is 8.78 Å². The number of hydrogen-bond donors (Lipinski definition) is 1. The van der Waals surface area contributed by atoms with Crippen molar-refractivity contribution in [3.8, 4) is 0 Å². The number of aliphatic carboxylic acids is 1. The summed E-state index contributed by atoms with van der Waals surface area (Å²) in [6.07, 6.45) is 0.505. The molecule has 0 bridgehead atoms. The van der Waals surface area contributed by atoms with Crippen LogP contribution in [0.2, 0.25) is 0 Å². The second-order valence-electron chi connectivity index (χ2n) is 5.25. The number of likely N-dealkylation sites (tertiary alicyclic amines) is 1. The maximum Gasteiger partial charge on any atom is 0.310 e. The zero-order valence-corrected chi connectivity index (χ0v) is 9.38. The van der Waals surface area contributed by atoms with Gasteiger partial charge in [0.2, 0.25) is 5.92 Å². The maximum atomic E-state index is 13.0. The molecule has 0 aromatic heterocycles. The molecule has 0 radical (unpaired) electrons. The topological polar surface area (TPSA) is 40.5 Å². The molecular formula is C11H17F2NO2. The molecule has 2 rings (SSSR count). The van der Waals surface area contributed by atoms with Gasteiger partial charge in [-0.25, -0.2) is 8.78 Å². The summed E-state index contributed by atoms with van der Waals surface area (Å²) in [6.45, 7) is 1.62. The van der Waals surface area contributed by atoms with Crippen LogP contribution in [0.5, 0.6) is 0 Å². The summed E-state index contributed by atoms with van der Waals surface area (Å²) in [5.41, 5.74) is -1.15. The fourth-order valence-corrected chi connectivity index (χ4v) is 3.05. The number of carboxylic acid groups (broad SMARTS) is 1. The van der Waals surface area contributed by atoms with Gasteiger partial charge >= 0.3 is 5.97 Å². The van der Waals surface area contributed by atoms with E-state index in [1.165, 1.54) is 0 Å². The molecule has 0 atom stereocenters. The van der Waals surface area contributed by atoms with Crippen LogP contribution in [0.3, 0.4) is 0 Å². The Hall–Kier alpha value is -0.710. The second-order valence-corrected chi connectivity index (χ2v) is 5.25. The van der Waals surface area contributed by atoms with Crippen LogP contribution in [0.1, 0.15) is 25.7 Å². The first-order chi connectivity index (χ1) is 7.36. The number of nitrogens with zero attached hydrogens (tertiary/aromatic N) is 1. The minimum Gasteiger partial charge on any atom is -0.481 e. The molecule has 92 valence electrons. The van der Waals surface area contributed by atoms with Crippen molar-refractivity contribution in [2.75, 3.05) is 20.1 Å². The third-order valence-electron chi connectivity index (χ3n) is 4.07. The molecule has 1 saturated heterocycles.